The molecule has 0 fully saturated rings. The van der Waals surface area contributed by atoms with Gasteiger partial charge < -0.3 is 14.0 Å². The van der Waals surface area contributed by atoms with Gasteiger partial charge in [-0.05, 0) is 31.2 Å². The Labute approximate surface area is 218 Å². The number of aryl methyl sites for hydroxylation is 1. The summed E-state index contributed by atoms with van der Waals surface area (Å²) in [5.41, 5.74) is 4.21. The van der Waals surface area contributed by atoms with Gasteiger partial charge in [0.1, 0.15) is 34.4 Å². The Morgan fingerprint density at radius 1 is 0.842 bits per heavy atom. The molecule has 0 amide bonds. The number of nitrogens with zero attached hydrogens (tertiary/aromatic N) is 5. The van der Waals surface area contributed by atoms with E-state index in [1.54, 1.807) is 72.1 Å². The topological polar surface area (TPSA) is 101 Å². The van der Waals surface area contributed by atoms with Crippen molar-refractivity contribution in [1.29, 1.82) is 0 Å². The lowest BCUT2D eigenvalue weighted by Gasteiger charge is -2.16. The van der Waals surface area contributed by atoms with Crippen LogP contribution < -0.4 is 9.47 Å². The van der Waals surface area contributed by atoms with E-state index >= 15 is 0 Å². The highest BCUT2D eigenvalue weighted by Gasteiger charge is 2.36. The molecule has 0 saturated heterocycles. The van der Waals surface area contributed by atoms with Crippen LogP contribution in [0.15, 0.2) is 72.9 Å². The molecule has 5 aromatic rings. The van der Waals surface area contributed by atoms with Crippen LogP contribution in [0.1, 0.15) is 43.4 Å². The van der Waals surface area contributed by atoms with Crippen LogP contribution in [-0.2, 0) is 6.54 Å². The molecule has 9 nitrogen and oxygen atoms in total. The van der Waals surface area contributed by atoms with Gasteiger partial charge in [0.2, 0.25) is 11.6 Å². The van der Waals surface area contributed by atoms with Crippen LogP contribution in [0.2, 0.25) is 0 Å². The summed E-state index contributed by atoms with van der Waals surface area (Å²) in [4.78, 5) is 31.9. The molecule has 1 aliphatic rings. The summed E-state index contributed by atoms with van der Waals surface area (Å²) in [6.07, 6.45) is 1.80. The quantitative estimate of drug-likeness (QED) is 0.333. The minimum atomic E-state index is -0.300. The van der Waals surface area contributed by atoms with Crippen molar-refractivity contribution in [3.8, 4) is 28.6 Å². The van der Waals surface area contributed by atoms with Crippen molar-refractivity contribution in [3.05, 3.63) is 107 Å². The van der Waals surface area contributed by atoms with E-state index in [1.165, 1.54) is 0 Å². The molecule has 0 bridgehead atoms. The molecule has 9 heteroatoms. The Hall–Kier alpha value is -5.05. The zero-order chi connectivity index (χ0) is 26.4. The van der Waals surface area contributed by atoms with Crippen molar-refractivity contribution in [2.75, 3.05) is 14.2 Å². The molecule has 0 N–H and O–H groups in total. The number of methoxy groups -OCH3 is 2. The number of ketones is 2. The Balaban J connectivity index is 1.51. The summed E-state index contributed by atoms with van der Waals surface area (Å²) >= 11 is 0. The van der Waals surface area contributed by atoms with Crippen molar-refractivity contribution in [2.24, 2.45) is 0 Å². The van der Waals surface area contributed by atoms with Gasteiger partial charge in [-0.2, -0.15) is 0 Å². The predicted molar refractivity (Wildman–Crippen MR) is 139 cm³/mol. The molecular formula is C29H23N5O4. The lowest BCUT2D eigenvalue weighted by atomic mass is 9.90. The minimum Gasteiger partial charge on any atom is -0.497 e. The first kappa shape index (κ1) is 23.4. The van der Waals surface area contributed by atoms with E-state index < -0.39 is 0 Å². The van der Waals surface area contributed by atoms with Crippen molar-refractivity contribution in [3.63, 3.8) is 0 Å². The van der Waals surface area contributed by atoms with Gasteiger partial charge in [-0.1, -0.05) is 47.2 Å². The van der Waals surface area contributed by atoms with E-state index in [0.29, 0.717) is 39.7 Å². The van der Waals surface area contributed by atoms with E-state index in [-0.39, 0.29) is 29.5 Å². The van der Waals surface area contributed by atoms with E-state index in [4.69, 9.17) is 14.5 Å². The fourth-order valence-electron chi connectivity index (χ4n) is 4.67. The largest absolute Gasteiger partial charge is 0.497 e. The lowest BCUT2D eigenvalue weighted by molar-refractivity contribution is 0.0971. The monoisotopic (exact) mass is 505 g/mol. The van der Waals surface area contributed by atoms with Crippen LogP contribution in [0.4, 0.5) is 0 Å². The third-order valence-electron chi connectivity index (χ3n) is 6.62. The molecule has 0 radical (unpaired) electrons. The Bertz CT molecular complexity index is 1720. The molecule has 1 aliphatic carbocycles. The van der Waals surface area contributed by atoms with Gasteiger partial charge in [-0.15, -0.1) is 5.10 Å². The van der Waals surface area contributed by atoms with E-state index in [0.717, 1.165) is 11.3 Å². The number of carbonyl (C=O) groups excluding carboxylic acids is 2. The maximum Gasteiger partial charge on any atom is 0.214 e. The summed E-state index contributed by atoms with van der Waals surface area (Å²) in [6, 6.07) is 20.0. The molecule has 2 heterocycles. The van der Waals surface area contributed by atoms with E-state index in [1.807, 2.05) is 31.2 Å². The molecule has 188 valence electrons. The highest BCUT2D eigenvalue weighted by atomic mass is 16.5. The predicted octanol–water partition coefficient (Wildman–Crippen LogP) is 4.28. The summed E-state index contributed by atoms with van der Waals surface area (Å²) in [7, 11) is 3.12. The molecule has 0 atom stereocenters. The summed E-state index contributed by atoms with van der Waals surface area (Å²) in [5, 5.41) is 8.63. The van der Waals surface area contributed by atoms with Crippen LogP contribution in [0, 0.1) is 6.92 Å². The number of ether oxygens (including phenoxy) is 2. The Morgan fingerprint density at radius 3 is 2.29 bits per heavy atom. The van der Waals surface area contributed by atoms with Crippen LogP contribution in [0.25, 0.3) is 17.1 Å². The fraction of sp³-hybridized carbons (Fsp3) is 0.138. The minimum absolute atomic E-state index is 0.104. The molecule has 0 aliphatic heterocycles. The first-order valence-electron chi connectivity index (χ1n) is 12.0. The van der Waals surface area contributed by atoms with E-state index in [2.05, 4.69) is 10.3 Å². The standard InChI is InChI=1S/C29H23N5O4/c1-17-8-10-19(11-9-17)34-16-18(31-32-34)15-33-26-25(27(35)21-6-4-5-7-22(21)28(26)36)30-29(33)23-13-12-20(37-2)14-24(23)38-3/h4-14,16H,15H2,1-3H3. The number of rotatable bonds is 6. The van der Waals surface area contributed by atoms with Crippen molar-refractivity contribution in [2.45, 2.75) is 13.5 Å². The van der Waals surface area contributed by atoms with Gasteiger partial charge >= 0.3 is 0 Å². The number of hydrogen-bond acceptors (Lipinski definition) is 7. The second-order valence-electron chi connectivity index (χ2n) is 8.98. The molecule has 6 rings (SSSR count). The second-order valence-corrected chi connectivity index (χ2v) is 8.98. The zero-order valence-electron chi connectivity index (χ0n) is 21.0. The molecule has 0 spiro atoms. The Morgan fingerprint density at radius 2 is 1.58 bits per heavy atom. The maximum absolute atomic E-state index is 13.7. The third-order valence-corrected chi connectivity index (χ3v) is 6.62. The number of carbonyl (C=O) groups is 2. The van der Waals surface area contributed by atoms with Gasteiger partial charge in [0.25, 0.3) is 0 Å². The average Bonchev–Trinajstić information content (AvgIpc) is 3.57. The van der Waals surface area contributed by atoms with Gasteiger partial charge in [-0.3, -0.25) is 9.59 Å². The number of fused-ring (bicyclic) bond motifs is 2. The van der Waals surface area contributed by atoms with Crippen LogP contribution in [0.5, 0.6) is 11.5 Å². The molecular weight excluding hydrogens is 482 g/mol. The van der Waals surface area contributed by atoms with E-state index in [9.17, 15) is 9.59 Å². The Kier molecular flexibility index (Phi) is 5.60. The van der Waals surface area contributed by atoms with Crippen LogP contribution in [-0.4, -0.2) is 50.3 Å². The highest BCUT2D eigenvalue weighted by molar-refractivity contribution is 6.27. The first-order valence-corrected chi connectivity index (χ1v) is 12.0. The normalized spacial score (nSPS) is 12.3. The highest BCUT2D eigenvalue weighted by Crippen LogP contribution is 2.37. The average molecular weight is 506 g/mol. The summed E-state index contributed by atoms with van der Waals surface area (Å²) in [6.45, 7) is 2.18. The van der Waals surface area contributed by atoms with Gasteiger partial charge in [0.15, 0.2) is 0 Å². The molecule has 0 saturated carbocycles. The SMILES string of the molecule is COc1ccc(-c2nc3c(n2Cc2cn(-c4ccc(C)cc4)nn2)C(=O)c2ccccc2C3=O)c(OC)c1. The zero-order valence-corrected chi connectivity index (χ0v) is 21.0. The smallest absolute Gasteiger partial charge is 0.214 e. The van der Waals surface area contributed by atoms with Crippen LogP contribution in [0.3, 0.4) is 0 Å². The lowest BCUT2D eigenvalue weighted by Crippen LogP contribution is -2.23. The number of imidazole rings is 1. The molecule has 0 unspecified atom stereocenters. The summed E-state index contributed by atoms with van der Waals surface area (Å²) in [5.74, 6) is 0.940. The second kappa shape index (κ2) is 9.11. The third kappa shape index (κ3) is 3.76. The van der Waals surface area contributed by atoms with Crippen molar-refractivity contribution < 1.29 is 19.1 Å². The molecule has 2 aromatic heterocycles. The van der Waals surface area contributed by atoms with Gasteiger partial charge in [-0.25, -0.2) is 9.67 Å². The van der Waals surface area contributed by atoms with Crippen molar-refractivity contribution in [1.82, 2.24) is 24.5 Å². The number of aromatic nitrogens is 5. The van der Waals surface area contributed by atoms with Crippen LogP contribution >= 0.6 is 0 Å². The number of benzene rings is 3. The summed E-state index contributed by atoms with van der Waals surface area (Å²) < 4.78 is 14.4. The van der Waals surface area contributed by atoms with Crippen molar-refractivity contribution >= 4 is 11.6 Å². The molecule has 38 heavy (non-hydrogen) atoms. The van der Waals surface area contributed by atoms with Gasteiger partial charge in [0.05, 0.1) is 38.2 Å². The maximum atomic E-state index is 13.7. The fourth-order valence-corrected chi connectivity index (χ4v) is 4.67. The first-order chi connectivity index (χ1) is 18.5. The molecule has 3 aromatic carbocycles. The number of hydrogen-bond donors (Lipinski definition) is 0. The van der Waals surface area contributed by atoms with Gasteiger partial charge in [0, 0.05) is 17.2 Å².